The van der Waals surface area contributed by atoms with Gasteiger partial charge in [0.1, 0.15) is 5.92 Å². The van der Waals surface area contributed by atoms with Crippen LogP contribution in [-0.4, -0.2) is 33.9 Å². The number of hydrogen-bond acceptors (Lipinski definition) is 3. The van der Waals surface area contributed by atoms with Gasteiger partial charge in [-0.05, 0) is 19.8 Å². The fraction of sp³-hybridized carbons (Fsp3) is 0.778. The Morgan fingerprint density at radius 1 is 1.36 bits per heavy atom. The zero-order chi connectivity index (χ0) is 10.5. The van der Waals surface area contributed by atoms with E-state index in [1.165, 1.54) is 0 Å². The molecular weight excluding hydrogens is 188 g/mol. The molecule has 78 valence electrons. The highest BCUT2D eigenvalue weighted by Crippen LogP contribution is 2.51. The highest BCUT2D eigenvalue weighted by molar-refractivity contribution is 5.82. The van der Waals surface area contributed by atoms with Gasteiger partial charge in [-0.15, -0.1) is 0 Å². The first-order valence-electron chi connectivity index (χ1n) is 4.59. The predicted octanol–water partition coefficient (Wildman–Crippen LogP) is 0.339. The van der Waals surface area contributed by atoms with Crippen molar-refractivity contribution in [1.29, 1.82) is 0 Å². The molecule has 0 aromatic rings. The minimum Gasteiger partial charge on any atom is -0.481 e. The summed E-state index contributed by atoms with van der Waals surface area (Å²) in [5, 5.41) is 17.9. The Labute approximate surface area is 80.7 Å². The summed E-state index contributed by atoms with van der Waals surface area (Å²) >= 11 is 0. The van der Waals surface area contributed by atoms with Gasteiger partial charge in [-0.2, -0.15) is 0 Å². The molecule has 2 heterocycles. The quantitative estimate of drug-likeness (QED) is 0.671. The molecule has 0 aliphatic carbocycles. The van der Waals surface area contributed by atoms with Crippen molar-refractivity contribution < 1.29 is 24.5 Å². The van der Waals surface area contributed by atoms with Gasteiger partial charge in [0, 0.05) is 0 Å². The molecule has 5 nitrogen and oxygen atoms in total. The van der Waals surface area contributed by atoms with Gasteiger partial charge in [0.15, 0.2) is 0 Å². The molecule has 0 unspecified atom stereocenters. The van der Waals surface area contributed by atoms with Gasteiger partial charge >= 0.3 is 11.9 Å². The molecule has 0 spiro atoms. The summed E-state index contributed by atoms with van der Waals surface area (Å²) in [6.45, 7) is 1.69. The molecule has 14 heavy (non-hydrogen) atoms. The van der Waals surface area contributed by atoms with Crippen LogP contribution in [0.3, 0.4) is 0 Å². The van der Waals surface area contributed by atoms with E-state index in [2.05, 4.69) is 0 Å². The van der Waals surface area contributed by atoms with Crippen molar-refractivity contribution in [3.05, 3.63) is 0 Å². The summed E-state index contributed by atoms with van der Waals surface area (Å²) in [6, 6.07) is 0. The number of aliphatic carboxylic acids is 2. The van der Waals surface area contributed by atoms with E-state index in [0.717, 1.165) is 0 Å². The van der Waals surface area contributed by atoms with Gasteiger partial charge < -0.3 is 14.9 Å². The Bertz CT molecular complexity index is 300. The second-order valence-corrected chi connectivity index (χ2v) is 4.19. The van der Waals surface area contributed by atoms with Gasteiger partial charge in [-0.3, -0.25) is 9.59 Å². The molecule has 2 aliphatic rings. The largest absolute Gasteiger partial charge is 0.481 e. The number of fused-ring (bicyclic) bond motifs is 2. The molecule has 0 saturated carbocycles. The number of carboxylic acid groups (broad SMARTS) is 2. The van der Waals surface area contributed by atoms with Gasteiger partial charge in [0.2, 0.25) is 0 Å². The van der Waals surface area contributed by atoms with Crippen LogP contribution in [0.25, 0.3) is 0 Å². The Morgan fingerprint density at radius 3 is 2.43 bits per heavy atom. The monoisotopic (exact) mass is 200 g/mol. The normalized spacial score (nSPS) is 45.4. The molecule has 0 aromatic heterocycles. The lowest BCUT2D eigenvalue weighted by atomic mass is 9.72. The van der Waals surface area contributed by atoms with Crippen LogP contribution in [0.5, 0.6) is 0 Å². The molecule has 0 radical (unpaired) electrons. The summed E-state index contributed by atoms with van der Waals surface area (Å²) in [5.41, 5.74) is -0.778. The standard InChI is InChI=1S/C9H12O5/c1-9-3-2-4(14-9)5(7(10)11)6(9)8(12)13/h4-6H,2-3H2,1H3,(H,10,11)(H,12,13)/t4-,5-,6+,9+/m1/s1. The number of hydrogen-bond donors (Lipinski definition) is 2. The minimum atomic E-state index is -1.07. The molecule has 2 saturated heterocycles. The second-order valence-electron chi connectivity index (χ2n) is 4.19. The Kier molecular flexibility index (Phi) is 1.82. The van der Waals surface area contributed by atoms with Gasteiger partial charge in [0.05, 0.1) is 17.6 Å². The van der Waals surface area contributed by atoms with E-state index >= 15 is 0 Å². The highest BCUT2D eigenvalue weighted by Gasteiger charge is 2.62. The Morgan fingerprint density at radius 2 is 2.00 bits per heavy atom. The summed E-state index contributed by atoms with van der Waals surface area (Å²) < 4.78 is 5.45. The van der Waals surface area contributed by atoms with Crippen LogP contribution < -0.4 is 0 Å². The molecule has 4 atom stereocenters. The van der Waals surface area contributed by atoms with Crippen LogP contribution in [0.4, 0.5) is 0 Å². The smallest absolute Gasteiger partial charge is 0.310 e. The zero-order valence-corrected chi connectivity index (χ0v) is 7.77. The lowest BCUT2D eigenvalue weighted by Crippen LogP contribution is -2.43. The molecule has 2 bridgehead atoms. The first-order valence-corrected chi connectivity index (χ1v) is 4.59. The molecule has 0 amide bonds. The second kappa shape index (κ2) is 2.70. The average Bonchev–Trinajstić information content (AvgIpc) is 2.55. The first-order chi connectivity index (χ1) is 6.46. The van der Waals surface area contributed by atoms with Gasteiger partial charge in [0.25, 0.3) is 0 Å². The van der Waals surface area contributed by atoms with Crippen molar-refractivity contribution >= 4 is 11.9 Å². The maximum Gasteiger partial charge on any atom is 0.310 e. The molecule has 0 aromatic carbocycles. The predicted molar refractivity (Wildman–Crippen MR) is 44.8 cm³/mol. The van der Waals surface area contributed by atoms with E-state index in [-0.39, 0.29) is 0 Å². The van der Waals surface area contributed by atoms with Crippen molar-refractivity contribution in [2.45, 2.75) is 31.5 Å². The van der Waals surface area contributed by atoms with Crippen molar-refractivity contribution in [3.8, 4) is 0 Å². The first kappa shape index (κ1) is 9.45. The van der Waals surface area contributed by atoms with Gasteiger partial charge in [-0.1, -0.05) is 0 Å². The lowest BCUT2D eigenvalue weighted by Gasteiger charge is -2.28. The third kappa shape index (κ3) is 1.05. The summed E-state index contributed by atoms with van der Waals surface area (Å²) in [7, 11) is 0. The van der Waals surface area contributed by atoms with Crippen LogP contribution in [0.15, 0.2) is 0 Å². The number of carboxylic acids is 2. The van der Waals surface area contributed by atoms with E-state index < -0.39 is 35.5 Å². The van der Waals surface area contributed by atoms with E-state index in [1.807, 2.05) is 0 Å². The van der Waals surface area contributed by atoms with E-state index in [4.69, 9.17) is 14.9 Å². The number of carbonyl (C=O) groups is 2. The third-order valence-electron chi connectivity index (χ3n) is 3.31. The SMILES string of the molecule is C[C@@]12CC[C@@H](O1)[C@@H](C(=O)O)[C@H]2C(=O)O. The van der Waals surface area contributed by atoms with Crippen molar-refractivity contribution in [2.24, 2.45) is 11.8 Å². The molecule has 2 rings (SSSR count). The van der Waals surface area contributed by atoms with Crippen LogP contribution in [0.2, 0.25) is 0 Å². The summed E-state index contributed by atoms with van der Waals surface area (Å²) in [5.74, 6) is -3.92. The third-order valence-corrected chi connectivity index (χ3v) is 3.31. The van der Waals surface area contributed by atoms with Crippen LogP contribution in [0.1, 0.15) is 19.8 Å². The Hall–Kier alpha value is -1.10. The van der Waals surface area contributed by atoms with Gasteiger partial charge in [-0.25, -0.2) is 0 Å². The fourth-order valence-corrected chi connectivity index (χ4v) is 2.69. The zero-order valence-electron chi connectivity index (χ0n) is 7.77. The topological polar surface area (TPSA) is 83.8 Å². The summed E-state index contributed by atoms with van der Waals surface area (Å²) in [6.07, 6.45) is 0.869. The molecule has 2 N–H and O–H groups in total. The maximum atomic E-state index is 11.0. The van der Waals surface area contributed by atoms with Crippen LogP contribution >= 0.6 is 0 Å². The van der Waals surface area contributed by atoms with Crippen molar-refractivity contribution in [3.63, 3.8) is 0 Å². The molecule has 5 heteroatoms. The van der Waals surface area contributed by atoms with E-state index in [9.17, 15) is 9.59 Å². The number of rotatable bonds is 2. The molecule has 2 fully saturated rings. The summed E-state index contributed by atoms with van der Waals surface area (Å²) in [4.78, 5) is 21.9. The lowest BCUT2D eigenvalue weighted by molar-refractivity contribution is -0.155. The Balaban J connectivity index is 2.35. The molecule has 2 aliphatic heterocycles. The maximum absolute atomic E-state index is 11.0. The van der Waals surface area contributed by atoms with Crippen molar-refractivity contribution in [1.82, 2.24) is 0 Å². The molecular formula is C9H12O5. The average molecular weight is 200 g/mol. The van der Waals surface area contributed by atoms with E-state index in [1.54, 1.807) is 6.92 Å². The minimum absolute atomic E-state index is 0.418. The highest BCUT2D eigenvalue weighted by atomic mass is 16.5. The van der Waals surface area contributed by atoms with Crippen molar-refractivity contribution in [2.75, 3.05) is 0 Å². The van der Waals surface area contributed by atoms with E-state index in [0.29, 0.717) is 12.8 Å². The van der Waals surface area contributed by atoms with Crippen LogP contribution in [-0.2, 0) is 14.3 Å². The van der Waals surface area contributed by atoms with Crippen LogP contribution in [0, 0.1) is 11.8 Å². The number of ether oxygens (including phenoxy) is 1. The fourth-order valence-electron chi connectivity index (χ4n) is 2.69.